The van der Waals surface area contributed by atoms with Crippen LogP contribution in [0.1, 0.15) is 12.8 Å². The summed E-state index contributed by atoms with van der Waals surface area (Å²) in [6, 6.07) is 18.1. The fraction of sp³-hybridized carbons (Fsp3) is 0.435. The van der Waals surface area contributed by atoms with Gasteiger partial charge in [0.25, 0.3) is 0 Å². The normalized spacial score (nSPS) is 14.3. The summed E-state index contributed by atoms with van der Waals surface area (Å²) in [5.41, 5.74) is 2.18. The summed E-state index contributed by atoms with van der Waals surface area (Å²) < 4.78 is 0. The Kier molecular flexibility index (Phi) is 10.1. The molecule has 3 rings (SSSR count). The molecule has 0 spiro atoms. The molecule has 30 heavy (non-hydrogen) atoms. The second-order valence-corrected chi connectivity index (χ2v) is 7.40. The highest BCUT2D eigenvalue weighted by atomic mass is 127. The van der Waals surface area contributed by atoms with Crippen LogP contribution in [-0.4, -0.2) is 69.3 Å². The topological polar surface area (TPSA) is 54.3 Å². The number of phenolic OH excluding ortho intramolecular Hbond substituents is 1. The van der Waals surface area contributed by atoms with Crippen molar-refractivity contribution in [3.63, 3.8) is 0 Å². The second-order valence-electron chi connectivity index (χ2n) is 7.40. The molecule has 0 radical (unpaired) electrons. The number of rotatable bonds is 7. The number of anilines is 2. The number of para-hydroxylation sites is 3. The van der Waals surface area contributed by atoms with E-state index >= 15 is 0 Å². The van der Waals surface area contributed by atoms with Gasteiger partial charge in [-0.15, -0.1) is 24.0 Å². The Morgan fingerprint density at radius 1 is 1.00 bits per heavy atom. The summed E-state index contributed by atoms with van der Waals surface area (Å²) >= 11 is 0. The molecule has 1 saturated heterocycles. The minimum absolute atomic E-state index is 0. The third kappa shape index (κ3) is 6.68. The van der Waals surface area contributed by atoms with Crippen LogP contribution in [0.2, 0.25) is 0 Å². The van der Waals surface area contributed by atoms with Crippen molar-refractivity contribution in [3.8, 4) is 5.75 Å². The molecule has 7 heteroatoms. The number of hydrogen-bond acceptors (Lipinski definition) is 4. The van der Waals surface area contributed by atoms with Gasteiger partial charge in [0.2, 0.25) is 0 Å². The Labute approximate surface area is 197 Å². The maximum atomic E-state index is 10.1. The van der Waals surface area contributed by atoms with Crippen molar-refractivity contribution in [2.75, 3.05) is 63.2 Å². The van der Waals surface area contributed by atoms with Crippen LogP contribution in [-0.2, 0) is 0 Å². The predicted molar refractivity (Wildman–Crippen MR) is 138 cm³/mol. The van der Waals surface area contributed by atoms with Crippen molar-refractivity contribution in [2.45, 2.75) is 12.8 Å². The Bertz CT molecular complexity index is 778. The highest BCUT2D eigenvalue weighted by Gasteiger charge is 2.21. The first-order valence-electron chi connectivity index (χ1n) is 10.4. The lowest BCUT2D eigenvalue weighted by molar-refractivity contribution is 0.369. The van der Waals surface area contributed by atoms with Crippen LogP contribution >= 0.6 is 24.0 Å². The molecule has 2 aromatic carbocycles. The number of piperazine rings is 1. The minimum Gasteiger partial charge on any atom is -0.506 e. The average molecular weight is 523 g/mol. The van der Waals surface area contributed by atoms with Gasteiger partial charge in [-0.3, -0.25) is 4.99 Å². The number of phenols is 1. The van der Waals surface area contributed by atoms with Crippen molar-refractivity contribution >= 4 is 41.3 Å². The molecule has 1 aliphatic heterocycles. The van der Waals surface area contributed by atoms with E-state index in [1.165, 1.54) is 5.69 Å². The number of unbranched alkanes of at least 4 members (excludes halogenated alkanes) is 1. The summed E-state index contributed by atoms with van der Waals surface area (Å²) in [4.78, 5) is 11.3. The predicted octanol–water partition coefficient (Wildman–Crippen LogP) is 3.62. The molecule has 0 aliphatic carbocycles. The van der Waals surface area contributed by atoms with Gasteiger partial charge in [0.05, 0.1) is 5.69 Å². The van der Waals surface area contributed by atoms with Gasteiger partial charge in [0.15, 0.2) is 5.96 Å². The average Bonchev–Trinajstić information content (AvgIpc) is 2.77. The van der Waals surface area contributed by atoms with Gasteiger partial charge >= 0.3 is 0 Å². The molecule has 0 saturated carbocycles. The Morgan fingerprint density at radius 3 is 2.33 bits per heavy atom. The zero-order chi connectivity index (χ0) is 20.5. The maximum Gasteiger partial charge on any atom is 0.193 e. The van der Waals surface area contributed by atoms with Crippen LogP contribution in [0.5, 0.6) is 5.75 Å². The molecule has 0 bridgehead atoms. The molecule has 0 unspecified atom stereocenters. The summed E-state index contributed by atoms with van der Waals surface area (Å²) in [6.45, 7) is 5.51. The molecule has 1 fully saturated rings. The van der Waals surface area contributed by atoms with Crippen molar-refractivity contribution in [3.05, 3.63) is 54.6 Å². The number of benzene rings is 2. The van der Waals surface area contributed by atoms with Crippen molar-refractivity contribution < 1.29 is 5.11 Å². The Hall–Kier alpha value is -2.16. The number of nitrogens with zero attached hydrogens (tertiary/aromatic N) is 4. The van der Waals surface area contributed by atoms with Crippen molar-refractivity contribution in [2.24, 2.45) is 4.99 Å². The fourth-order valence-corrected chi connectivity index (χ4v) is 3.71. The van der Waals surface area contributed by atoms with Gasteiger partial charge in [-0.25, -0.2) is 0 Å². The van der Waals surface area contributed by atoms with Gasteiger partial charge < -0.3 is 25.1 Å². The zero-order valence-electron chi connectivity index (χ0n) is 18.0. The smallest absolute Gasteiger partial charge is 0.193 e. The van der Waals surface area contributed by atoms with E-state index in [9.17, 15) is 5.11 Å². The number of guanidine groups is 1. The van der Waals surface area contributed by atoms with E-state index in [2.05, 4.69) is 62.4 Å². The lowest BCUT2D eigenvalue weighted by Crippen LogP contribution is -2.52. The summed E-state index contributed by atoms with van der Waals surface area (Å²) in [5.74, 6) is 1.32. The summed E-state index contributed by atoms with van der Waals surface area (Å²) in [6.07, 6.45) is 2.24. The lowest BCUT2D eigenvalue weighted by atomic mass is 10.2. The van der Waals surface area contributed by atoms with Gasteiger partial charge in [-0.2, -0.15) is 0 Å². The first-order chi connectivity index (χ1) is 14.2. The third-order valence-electron chi connectivity index (χ3n) is 5.41. The van der Waals surface area contributed by atoms with E-state index in [1.807, 2.05) is 25.2 Å². The molecule has 0 amide bonds. The van der Waals surface area contributed by atoms with Gasteiger partial charge in [0.1, 0.15) is 5.75 Å². The maximum absolute atomic E-state index is 10.1. The number of nitrogens with one attached hydrogen (secondary N) is 1. The zero-order valence-corrected chi connectivity index (χ0v) is 20.3. The highest BCUT2D eigenvalue weighted by molar-refractivity contribution is 14.0. The largest absolute Gasteiger partial charge is 0.506 e. The van der Waals surface area contributed by atoms with Crippen LogP contribution in [0.4, 0.5) is 11.4 Å². The molecular formula is C23H34IN5O. The SMILES string of the molecule is CN=C(NCCCCN(C)c1ccccc1)N1CCN(c2ccccc2O)CC1.I. The van der Waals surface area contributed by atoms with E-state index in [1.54, 1.807) is 6.07 Å². The number of halogens is 1. The van der Waals surface area contributed by atoms with Crippen LogP contribution < -0.4 is 15.1 Å². The molecule has 2 aromatic rings. The monoisotopic (exact) mass is 523 g/mol. The number of aromatic hydroxyl groups is 1. The van der Waals surface area contributed by atoms with E-state index in [0.29, 0.717) is 5.75 Å². The molecule has 0 aromatic heterocycles. The second kappa shape index (κ2) is 12.5. The van der Waals surface area contributed by atoms with Gasteiger partial charge in [-0.05, 0) is 37.1 Å². The van der Waals surface area contributed by atoms with E-state index < -0.39 is 0 Å². The first kappa shape index (κ1) is 24.1. The third-order valence-corrected chi connectivity index (χ3v) is 5.41. The van der Waals surface area contributed by atoms with Crippen molar-refractivity contribution in [1.29, 1.82) is 0 Å². The minimum atomic E-state index is 0. The molecule has 1 heterocycles. The fourth-order valence-electron chi connectivity index (χ4n) is 3.71. The number of hydrogen-bond donors (Lipinski definition) is 2. The summed E-state index contributed by atoms with van der Waals surface area (Å²) in [5, 5.41) is 13.6. The van der Waals surface area contributed by atoms with Crippen molar-refractivity contribution in [1.82, 2.24) is 10.2 Å². The molecule has 164 valence electrons. The Morgan fingerprint density at radius 2 is 1.67 bits per heavy atom. The van der Waals surface area contributed by atoms with Crippen LogP contribution in [0.25, 0.3) is 0 Å². The standard InChI is InChI=1S/C23H33N5O.HI/c1-24-23(25-14-8-9-15-26(2)20-10-4-3-5-11-20)28-18-16-27(17-19-28)21-12-6-7-13-22(21)29;/h3-7,10-13,29H,8-9,14-19H2,1-2H3,(H,24,25);1H. The lowest BCUT2D eigenvalue weighted by Gasteiger charge is -2.37. The quantitative estimate of drug-likeness (QED) is 0.251. The van der Waals surface area contributed by atoms with Crippen LogP contribution in [0, 0.1) is 0 Å². The van der Waals surface area contributed by atoms with E-state index in [-0.39, 0.29) is 24.0 Å². The summed E-state index contributed by atoms with van der Waals surface area (Å²) in [7, 11) is 3.99. The van der Waals surface area contributed by atoms with Crippen LogP contribution in [0.3, 0.4) is 0 Å². The highest BCUT2D eigenvalue weighted by Crippen LogP contribution is 2.27. The Balaban J connectivity index is 0.00000320. The molecule has 6 nitrogen and oxygen atoms in total. The van der Waals surface area contributed by atoms with E-state index in [4.69, 9.17) is 0 Å². The number of aliphatic imine (C=N–C) groups is 1. The van der Waals surface area contributed by atoms with Gasteiger partial charge in [0, 0.05) is 59.1 Å². The first-order valence-corrected chi connectivity index (χ1v) is 10.4. The molecule has 2 N–H and O–H groups in total. The molecule has 1 aliphatic rings. The molecular weight excluding hydrogens is 489 g/mol. The van der Waals surface area contributed by atoms with Gasteiger partial charge in [-0.1, -0.05) is 30.3 Å². The molecule has 0 atom stereocenters. The van der Waals surface area contributed by atoms with Crippen LogP contribution in [0.15, 0.2) is 59.6 Å². The van der Waals surface area contributed by atoms with E-state index in [0.717, 1.165) is 63.8 Å².